The van der Waals surface area contributed by atoms with E-state index in [1.807, 2.05) is 24.3 Å². The quantitative estimate of drug-likeness (QED) is 0.568. The lowest BCUT2D eigenvalue weighted by atomic mass is 10.2. The molecule has 88 valence electrons. The van der Waals surface area contributed by atoms with Gasteiger partial charge in [0, 0.05) is 9.64 Å². The van der Waals surface area contributed by atoms with Crippen LogP contribution in [0, 0.1) is 9.39 Å². The third kappa shape index (κ3) is 2.90. The summed E-state index contributed by atoms with van der Waals surface area (Å²) in [5.41, 5.74) is 7.77. The molecule has 0 amide bonds. The van der Waals surface area contributed by atoms with Crippen molar-refractivity contribution in [1.29, 1.82) is 0 Å². The number of hydrogen-bond acceptors (Lipinski definition) is 2. The minimum atomic E-state index is -0.365. The molecule has 2 aromatic carbocycles. The van der Waals surface area contributed by atoms with Crippen LogP contribution in [0.25, 0.3) is 0 Å². The molecule has 0 aliphatic carbocycles. The first kappa shape index (κ1) is 12.6. The van der Waals surface area contributed by atoms with Gasteiger partial charge in [-0.25, -0.2) is 4.39 Å². The van der Waals surface area contributed by atoms with Crippen LogP contribution in [0.4, 0.5) is 21.5 Å². The van der Waals surface area contributed by atoms with E-state index in [2.05, 4.69) is 43.8 Å². The molecule has 2 rings (SSSR count). The first-order valence-corrected chi connectivity index (χ1v) is 6.71. The summed E-state index contributed by atoms with van der Waals surface area (Å²) in [5.74, 6) is -0.365. The van der Waals surface area contributed by atoms with Crippen molar-refractivity contribution in [1.82, 2.24) is 0 Å². The molecule has 0 fully saturated rings. The summed E-state index contributed by atoms with van der Waals surface area (Å²) in [6, 6.07) is 10.7. The Kier molecular flexibility index (Phi) is 3.88. The number of nitrogens with two attached hydrogens (primary N) is 1. The number of rotatable bonds is 2. The highest BCUT2D eigenvalue weighted by Crippen LogP contribution is 2.30. The molecule has 0 bridgehead atoms. The maximum absolute atomic E-state index is 13.2. The summed E-state index contributed by atoms with van der Waals surface area (Å²) >= 11 is 5.36. The third-order valence-corrected chi connectivity index (χ3v) is 3.78. The van der Waals surface area contributed by atoms with Gasteiger partial charge in [-0.2, -0.15) is 0 Å². The van der Waals surface area contributed by atoms with E-state index in [-0.39, 0.29) is 5.82 Å². The summed E-state index contributed by atoms with van der Waals surface area (Å²) in [4.78, 5) is 0. The average Bonchev–Trinajstić information content (AvgIpc) is 2.29. The van der Waals surface area contributed by atoms with Crippen LogP contribution < -0.4 is 11.1 Å². The molecule has 0 aliphatic heterocycles. The molecule has 0 radical (unpaired) electrons. The largest absolute Gasteiger partial charge is 0.397 e. The van der Waals surface area contributed by atoms with Gasteiger partial charge < -0.3 is 11.1 Å². The summed E-state index contributed by atoms with van der Waals surface area (Å²) in [6.45, 7) is 0. The Bertz CT molecular complexity index is 560. The van der Waals surface area contributed by atoms with Crippen molar-refractivity contribution in [2.75, 3.05) is 11.1 Å². The van der Waals surface area contributed by atoms with Crippen LogP contribution in [0.3, 0.4) is 0 Å². The predicted octanol–water partition coefficient (Wildman–Crippen LogP) is 4.52. The van der Waals surface area contributed by atoms with Gasteiger partial charge in [0.25, 0.3) is 0 Å². The number of nitrogens with one attached hydrogen (secondary N) is 1. The molecule has 0 spiro atoms. The smallest absolute Gasteiger partial charge is 0.139 e. The molecule has 0 heterocycles. The topological polar surface area (TPSA) is 38.0 Å². The molecule has 0 unspecified atom stereocenters. The molecule has 2 aromatic rings. The van der Waals surface area contributed by atoms with Crippen LogP contribution in [0.1, 0.15) is 0 Å². The Hall–Kier alpha value is -0.820. The van der Waals surface area contributed by atoms with Gasteiger partial charge in [-0.05, 0) is 56.7 Å². The van der Waals surface area contributed by atoms with E-state index in [1.165, 1.54) is 6.07 Å². The first-order chi connectivity index (χ1) is 8.08. The van der Waals surface area contributed by atoms with Crippen LogP contribution in [0.15, 0.2) is 40.9 Å². The van der Waals surface area contributed by atoms with Crippen molar-refractivity contribution in [2.24, 2.45) is 0 Å². The molecule has 17 heavy (non-hydrogen) atoms. The number of nitrogen functional groups attached to an aromatic ring is 1. The van der Waals surface area contributed by atoms with Crippen LogP contribution in [-0.4, -0.2) is 0 Å². The standard InChI is InChI=1S/C12H9BrFIN2/c13-7-5-12(10(16)6-8(7)14)17-11-4-2-1-3-9(11)15/h1-6,17H,16H2. The fraction of sp³-hybridized carbons (Fsp3) is 0. The number of hydrogen-bond donors (Lipinski definition) is 2. The number of halogens is 3. The van der Waals surface area contributed by atoms with Crippen molar-refractivity contribution >= 4 is 55.6 Å². The Morgan fingerprint density at radius 3 is 2.59 bits per heavy atom. The minimum Gasteiger partial charge on any atom is -0.397 e. The van der Waals surface area contributed by atoms with E-state index in [0.717, 1.165) is 9.26 Å². The summed E-state index contributed by atoms with van der Waals surface area (Å²) in [6.07, 6.45) is 0. The Morgan fingerprint density at radius 1 is 1.18 bits per heavy atom. The molecular formula is C12H9BrFIN2. The Labute approximate surface area is 121 Å². The Balaban J connectivity index is 2.37. The fourth-order valence-electron chi connectivity index (χ4n) is 1.38. The lowest BCUT2D eigenvalue weighted by molar-refractivity contribution is 0.622. The van der Waals surface area contributed by atoms with Crippen molar-refractivity contribution in [3.63, 3.8) is 0 Å². The third-order valence-electron chi connectivity index (χ3n) is 2.24. The molecule has 0 aromatic heterocycles. The van der Waals surface area contributed by atoms with E-state index in [9.17, 15) is 4.39 Å². The molecular weight excluding hydrogens is 398 g/mol. The highest BCUT2D eigenvalue weighted by atomic mass is 127. The van der Waals surface area contributed by atoms with Crippen molar-refractivity contribution in [2.45, 2.75) is 0 Å². The fourth-order valence-corrected chi connectivity index (χ4v) is 2.24. The SMILES string of the molecule is Nc1cc(F)c(Br)cc1Nc1ccccc1I. The molecule has 5 heteroatoms. The van der Waals surface area contributed by atoms with Gasteiger partial charge >= 0.3 is 0 Å². The van der Waals surface area contributed by atoms with Gasteiger partial charge in [-0.15, -0.1) is 0 Å². The molecule has 0 atom stereocenters. The van der Waals surface area contributed by atoms with E-state index >= 15 is 0 Å². The second-order valence-corrected chi connectivity index (χ2v) is 5.47. The molecule has 0 saturated heterocycles. The first-order valence-electron chi connectivity index (χ1n) is 4.84. The van der Waals surface area contributed by atoms with Crippen molar-refractivity contribution < 1.29 is 4.39 Å². The molecule has 0 aliphatic rings. The highest BCUT2D eigenvalue weighted by Gasteiger charge is 2.07. The van der Waals surface area contributed by atoms with Crippen molar-refractivity contribution in [3.8, 4) is 0 Å². The highest BCUT2D eigenvalue weighted by molar-refractivity contribution is 14.1. The zero-order valence-corrected chi connectivity index (χ0v) is 12.4. The molecule has 0 saturated carbocycles. The number of para-hydroxylation sites is 1. The van der Waals surface area contributed by atoms with Gasteiger partial charge in [0.1, 0.15) is 5.82 Å². The van der Waals surface area contributed by atoms with E-state index in [0.29, 0.717) is 15.8 Å². The molecule has 3 N–H and O–H groups in total. The van der Waals surface area contributed by atoms with Gasteiger partial charge in [0.2, 0.25) is 0 Å². The lowest BCUT2D eigenvalue weighted by Gasteiger charge is -2.11. The number of anilines is 3. The van der Waals surface area contributed by atoms with E-state index in [4.69, 9.17) is 5.73 Å². The minimum absolute atomic E-state index is 0.365. The van der Waals surface area contributed by atoms with Crippen LogP contribution in [0.2, 0.25) is 0 Å². The van der Waals surface area contributed by atoms with Crippen LogP contribution >= 0.6 is 38.5 Å². The second kappa shape index (κ2) is 5.22. The van der Waals surface area contributed by atoms with E-state index < -0.39 is 0 Å². The molecule has 2 nitrogen and oxygen atoms in total. The number of benzene rings is 2. The van der Waals surface area contributed by atoms with Gasteiger partial charge in [-0.3, -0.25) is 0 Å². The zero-order chi connectivity index (χ0) is 12.4. The van der Waals surface area contributed by atoms with Gasteiger partial charge in [-0.1, -0.05) is 12.1 Å². The van der Waals surface area contributed by atoms with Crippen molar-refractivity contribution in [3.05, 3.63) is 50.3 Å². The van der Waals surface area contributed by atoms with Gasteiger partial charge in [0.05, 0.1) is 21.5 Å². The zero-order valence-electron chi connectivity index (χ0n) is 8.68. The summed E-state index contributed by atoms with van der Waals surface area (Å²) in [7, 11) is 0. The second-order valence-electron chi connectivity index (χ2n) is 3.46. The summed E-state index contributed by atoms with van der Waals surface area (Å²) < 4.78 is 14.7. The Morgan fingerprint density at radius 2 is 1.88 bits per heavy atom. The van der Waals surface area contributed by atoms with Crippen LogP contribution in [-0.2, 0) is 0 Å². The van der Waals surface area contributed by atoms with Gasteiger partial charge in [0.15, 0.2) is 0 Å². The average molecular weight is 407 g/mol. The maximum atomic E-state index is 13.2. The maximum Gasteiger partial charge on any atom is 0.139 e. The lowest BCUT2D eigenvalue weighted by Crippen LogP contribution is -1.98. The predicted molar refractivity (Wildman–Crippen MR) is 81.0 cm³/mol. The normalized spacial score (nSPS) is 10.3. The summed E-state index contributed by atoms with van der Waals surface area (Å²) in [5, 5.41) is 3.18. The monoisotopic (exact) mass is 406 g/mol. The van der Waals surface area contributed by atoms with E-state index in [1.54, 1.807) is 6.07 Å². The van der Waals surface area contributed by atoms with Crippen LogP contribution in [0.5, 0.6) is 0 Å².